The number of amides is 1. The van der Waals surface area contributed by atoms with E-state index in [9.17, 15) is 9.59 Å². The number of ether oxygens (including phenoxy) is 2. The standard InChI is InChI=1S/C24H27NO4/c1-25(21-12-6-9-17-7-2-4-10-19(17)21)23(26)16-29-24(27)15-22-20-11-5-3-8-18(20)13-14-28-22/h2-5,7-8,10-11,21-22H,6,9,12-16H2,1H3. The summed E-state index contributed by atoms with van der Waals surface area (Å²) < 4.78 is 11.1. The molecule has 0 saturated carbocycles. The molecule has 4 rings (SSSR count). The van der Waals surface area contributed by atoms with E-state index in [0.717, 1.165) is 31.2 Å². The Morgan fingerprint density at radius 2 is 1.72 bits per heavy atom. The monoisotopic (exact) mass is 393 g/mol. The van der Waals surface area contributed by atoms with Crippen molar-refractivity contribution in [2.75, 3.05) is 20.3 Å². The van der Waals surface area contributed by atoms with Crippen molar-refractivity contribution in [1.29, 1.82) is 0 Å². The Bertz CT molecular complexity index is 894. The molecular formula is C24H27NO4. The number of rotatable bonds is 5. The number of likely N-dealkylation sites (N-methyl/N-ethyl adjacent to an activating group) is 1. The van der Waals surface area contributed by atoms with Crippen LogP contribution in [0.25, 0.3) is 0 Å². The summed E-state index contributed by atoms with van der Waals surface area (Å²) in [5.41, 5.74) is 4.75. The molecule has 5 heteroatoms. The highest BCUT2D eigenvalue weighted by Gasteiger charge is 2.28. The van der Waals surface area contributed by atoms with Gasteiger partial charge in [-0.1, -0.05) is 48.5 Å². The van der Waals surface area contributed by atoms with Crippen molar-refractivity contribution in [3.63, 3.8) is 0 Å². The van der Waals surface area contributed by atoms with Crippen molar-refractivity contribution in [1.82, 2.24) is 4.90 Å². The third-order valence-corrected chi connectivity index (χ3v) is 6.00. The lowest BCUT2D eigenvalue weighted by atomic mass is 9.87. The highest BCUT2D eigenvalue weighted by Crippen LogP contribution is 2.33. The number of benzene rings is 2. The van der Waals surface area contributed by atoms with Crippen LogP contribution in [-0.4, -0.2) is 37.0 Å². The van der Waals surface area contributed by atoms with Crippen molar-refractivity contribution in [2.45, 2.75) is 44.2 Å². The van der Waals surface area contributed by atoms with E-state index in [-0.39, 0.29) is 31.1 Å². The van der Waals surface area contributed by atoms with E-state index in [1.54, 1.807) is 11.9 Å². The summed E-state index contributed by atoms with van der Waals surface area (Å²) in [6, 6.07) is 16.3. The largest absolute Gasteiger partial charge is 0.455 e. The smallest absolute Gasteiger partial charge is 0.309 e. The average molecular weight is 393 g/mol. The number of aryl methyl sites for hydroxylation is 1. The van der Waals surface area contributed by atoms with Gasteiger partial charge < -0.3 is 14.4 Å². The molecule has 0 bridgehead atoms. The zero-order chi connectivity index (χ0) is 20.2. The van der Waals surface area contributed by atoms with Crippen molar-refractivity contribution < 1.29 is 19.1 Å². The molecule has 0 N–H and O–H groups in total. The Labute approximate surface area is 171 Å². The first-order valence-corrected chi connectivity index (χ1v) is 10.3. The average Bonchev–Trinajstić information content (AvgIpc) is 2.77. The molecule has 0 fully saturated rings. The molecule has 2 aromatic rings. The fourth-order valence-corrected chi connectivity index (χ4v) is 4.40. The second-order valence-electron chi connectivity index (χ2n) is 7.78. The number of esters is 1. The van der Waals surface area contributed by atoms with Gasteiger partial charge in [0, 0.05) is 7.05 Å². The number of hydrogen-bond acceptors (Lipinski definition) is 4. The third-order valence-electron chi connectivity index (χ3n) is 6.00. The van der Waals surface area contributed by atoms with Crippen molar-refractivity contribution in [3.8, 4) is 0 Å². The first-order chi connectivity index (χ1) is 14.1. The third kappa shape index (κ3) is 4.35. The van der Waals surface area contributed by atoms with E-state index in [0.29, 0.717) is 6.61 Å². The van der Waals surface area contributed by atoms with Crippen molar-refractivity contribution >= 4 is 11.9 Å². The highest BCUT2D eigenvalue weighted by atomic mass is 16.5. The van der Waals surface area contributed by atoms with Crippen LogP contribution in [0.1, 0.15) is 53.7 Å². The molecule has 0 radical (unpaired) electrons. The van der Waals surface area contributed by atoms with Crippen LogP contribution in [0.5, 0.6) is 0 Å². The lowest BCUT2D eigenvalue weighted by Gasteiger charge is -2.33. The van der Waals surface area contributed by atoms with E-state index in [4.69, 9.17) is 9.47 Å². The van der Waals surface area contributed by atoms with Gasteiger partial charge in [0.25, 0.3) is 5.91 Å². The Morgan fingerprint density at radius 1 is 1.03 bits per heavy atom. The quantitative estimate of drug-likeness (QED) is 0.726. The molecule has 2 atom stereocenters. The van der Waals surface area contributed by atoms with E-state index in [1.807, 2.05) is 30.3 Å². The summed E-state index contributed by atoms with van der Waals surface area (Å²) >= 11 is 0. The zero-order valence-corrected chi connectivity index (χ0v) is 16.8. The summed E-state index contributed by atoms with van der Waals surface area (Å²) in [5.74, 6) is -0.581. The van der Waals surface area contributed by atoms with Gasteiger partial charge in [-0.2, -0.15) is 0 Å². The van der Waals surface area contributed by atoms with Gasteiger partial charge in [0.1, 0.15) is 0 Å². The van der Waals surface area contributed by atoms with Crippen LogP contribution in [0.15, 0.2) is 48.5 Å². The topological polar surface area (TPSA) is 55.8 Å². The number of carbonyl (C=O) groups is 2. The Kier molecular flexibility index (Phi) is 5.95. The Morgan fingerprint density at radius 3 is 2.52 bits per heavy atom. The van der Waals surface area contributed by atoms with Gasteiger partial charge in [-0.15, -0.1) is 0 Å². The molecule has 0 spiro atoms. The number of fused-ring (bicyclic) bond motifs is 2. The lowest BCUT2D eigenvalue weighted by molar-refractivity contribution is -0.155. The van der Waals surface area contributed by atoms with Crippen LogP contribution >= 0.6 is 0 Å². The highest BCUT2D eigenvalue weighted by molar-refractivity contribution is 5.81. The van der Waals surface area contributed by atoms with Crippen LogP contribution in [0.4, 0.5) is 0 Å². The fourth-order valence-electron chi connectivity index (χ4n) is 4.40. The molecule has 0 aromatic heterocycles. The van der Waals surface area contributed by atoms with Crippen LogP contribution in [0.2, 0.25) is 0 Å². The van der Waals surface area contributed by atoms with Gasteiger partial charge in [-0.25, -0.2) is 0 Å². The Balaban J connectivity index is 1.33. The van der Waals surface area contributed by atoms with Gasteiger partial charge in [-0.05, 0) is 47.9 Å². The van der Waals surface area contributed by atoms with E-state index in [1.165, 1.54) is 16.7 Å². The molecule has 29 heavy (non-hydrogen) atoms. The summed E-state index contributed by atoms with van der Waals surface area (Å²) in [7, 11) is 1.80. The van der Waals surface area contributed by atoms with Gasteiger partial charge in [0.2, 0.25) is 0 Å². The van der Waals surface area contributed by atoms with Crippen LogP contribution in [0.3, 0.4) is 0 Å². The molecule has 152 valence electrons. The summed E-state index contributed by atoms with van der Waals surface area (Å²) in [4.78, 5) is 26.7. The maximum Gasteiger partial charge on any atom is 0.309 e. The predicted octanol–water partition coefficient (Wildman–Crippen LogP) is 3.77. The predicted molar refractivity (Wildman–Crippen MR) is 109 cm³/mol. The minimum atomic E-state index is -0.405. The van der Waals surface area contributed by atoms with Gasteiger partial charge >= 0.3 is 5.97 Å². The van der Waals surface area contributed by atoms with E-state index >= 15 is 0 Å². The van der Waals surface area contributed by atoms with E-state index in [2.05, 4.69) is 18.2 Å². The van der Waals surface area contributed by atoms with Gasteiger partial charge in [0.15, 0.2) is 6.61 Å². The molecule has 2 unspecified atom stereocenters. The normalized spacial score (nSPS) is 20.3. The van der Waals surface area contributed by atoms with Crippen molar-refractivity contribution in [2.24, 2.45) is 0 Å². The molecular weight excluding hydrogens is 366 g/mol. The zero-order valence-electron chi connectivity index (χ0n) is 16.8. The number of carbonyl (C=O) groups excluding carboxylic acids is 2. The van der Waals surface area contributed by atoms with E-state index < -0.39 is 5.97 Å². The SMILES string of the molecule is CN(C(=O)COC(=O)CC1OCCc2ccccc21)C1CCCc2ccccc21. The fraction of sp³-hybridized carbons (Fsp3) is 0.417. The minimum Gasteiger partial charge on any atom is -0.455 e. The molecule has 1 heterocycles. The van der Waals surface area contributed by atoms with Crippen LogP contribution in [-0.2, 0) is 31.9 Å². The van der Waals surface area contributed by atoms with Gasteiger partial charge in [-0.3, -0.25) is 9.59 Å². The molecule has 5 nitrogen and oxygen atoms in total. The number of nitrogens with zero attached hydrogens (tertiary/aromatic N) is 1. The molecule has 2 aromatic carbocycles. The van der Waals surface area contributed by atoms with Gasteiger partial charge in [0.05, 0.1) is 25.2 Å². The molecule has 1 aliphatic heterocycles. The maximum atomic E-state index is 12.7. The molecule has 1 aliphatic carbocycles. The molecule has 1 amide bonds. The first-order valence-electron chi connectivity index (χ1n) is 10.3. The second-order valence-corrected chi connectivity index (χ2v) is 7.78. The first kappa shape index (κ1) is 19.6. The number of hydrogen-bond donors (Lipinski definition) is 0. The van der Waals surface area contributed by atoms with Crippen LogP contribution in [0, 0.1) is 0 Å². The molecule has 2 aliphatic rings. The Hall–Kier alpha value is -2.66. The summed E-state index contributed by atoms with van der Waals surface area (Å²) in [5, 5.41) is 0. The van der Waals surface area contributed by atoms with Crippen LogP contribution < -0.4 is 0 Å². The summed E-state index contributed by atoms with van der Waals surface area (Å²) in [6.07, 6.45) is 3.71. The minimum absolute atomic E-state index is 0.0414. The molecule has 0 saturated heterocycles. The maximum absolute atomic E-state index is 12.7. The second kappa shape index (κ2) is 8.78. The summed E-state index contributed by atoms with van der Waals surface area (Å²) in [6.45, 7) is 0.361. The van der Waals surface area contributed by atoms with Crippen molar-refractivity contribution in [3.05, 3.63) is 70.8 Å². The lowest BCUT2D eigenvalue weighted by Crippen LogP contribution is -2.36.